The monoisotopic (exact) mass is 422 g/mol. The summed E-state index contributed by atoms with van der Waals surface area (Å²) in [4.78, 5) is 22.1. The number of likely N-dealkylation sites (tertiary alicyclic amines) is 1. The van der Waals surface area contributed by atoms with Crippen LogP contribution in [0.2, 0.25) is 0 Å². The van der Waals surface area contributed by atoms with E-state index in [4.69, 9.17) is 4.74 Å². The van der Waals surface area contributed by atoms with E-state index in [1.807, 2.05) is 30.0 Å². The predicted molar refractivity (Wildman–Crippen MR) is 119 cm³/mol. The Hall–Kier alpha value is -2.58. The van der Waals surface area contributed by atoms with Gasteiger partial charge in [-0.05, 0) is 64.9 Å². The van der Waals surface area contributed by atoms with E-state index in [0.717, 1.165) is 74.2 Å². The van der Waals surface area contributed by atoms with E-state index in [2.05, 4.69) is 38.7 Å². The Balaban J connectivity index is 1.49. The van der Waals surface area contributed by atoms with E-state index in [0.29, 0.717) is 17.3 Å². The van der Waals surface area contributed by atoms with Gasteiger partial charge < -0.3 is 19.1 Å². The summed E-state index contributed by atoms with van der Waals surface area (Å²) in [5.74, 6) is 0.987. The van der Waals surface area contributed by atoms with Crippen molar-refractivity contribution in [2.45, 2.75) is 51.3 Å². The molecule has 0 radical (unpaired) electrons. The fourth-order valence-corrected chi connectivity index (χ4v) is 4.92. The van der Waals surface area contributed by atoms with E-state index in [1.54, 1.807) is 0 Å². The van der Waals surface area contributed by atoms with E-state index in [9.17, 15) is 4.79 Å². The zero-order valence-electron chi connectivity index (χ0n) is 18.5. The van der Waals surface area contributed by atoms with Crippen LogP contribution in [0.3, 0.4) is 0 Å². The topological polar surface area (TPSA) is 76.4 Å². The zero-order chi connectivity index (χ0) is 21.5. The number of ether oxygens (including phenoxy) is 1. The number of aryl methyl sites for hydroxylation is 1. The van der Waals surface area contributed by atoms with Gasteiger partial charge in [-0.1, -0.05) is 0 Å². The molecule has 164 valence electrons. The van der Waals surface area contributed by atoms with Gasteiger partial charge in [0.15, 0.2) is 0 Å². The van der Waals surface area contributed by atoms with Crippen molar-refractivity contribution in [3.8, 4) is 0 Å². The van der Waals surface area contributed by atoms with Crippen molar-refractivity contribution >= 4 is 28.0 Å². The molecule has 1 amide bonds. The van der Waals surface area contributed by atoms with Crippen LogP contribution in [0, 0.1) is 6.92 Å². The van der Waals surface area contributed by atoms with Gasteiger partial charge in [-0.2, -0.15) is 0 Å². The van der Waals surface area contributed by atoms with Crippen LogP contribution >= 0.6 is 0 Å². The van der Waals surface area contributed by atoms with Crippen molar-refractivity contribution in [3.63, 3.8) is 0 Å². The Kier molecular flexibility index (Phi) is 5.35. The second-order valence-corrected chi connectivity index (χ2v) is 9.00. The molecule has 8 nitrogen and oxygen atoms in total. The molecule has 0 bridgehead atoms. The molecule has 0 aliphatic carbocycles. The molecule has 8 heteroatoms. The maximum Gasteiger partial charge on any atom is 0.253 e. The van der Waals surface area contributed by atoms with Crippen molar-refractivity contribution in [2.24, 2.45) is 0 Å². The fraction of sp³-hybridized carbons (Fsp3) is 0.565. The quantitative estimate of drug-likeness (QED) is 0.643. The Morgan fingerprint density at radius 3 is 2.71 bits per heavy atom. The molecule has 0 N–H and O–H groups in total. The number of hydrogen-bond donors (Lipinski definition) is 0. The summed E-state index contributed by atoms with van der Waals surface area (Å²) in [6, 6.07) is 6.29. The summed E-state index contributed by atoms with van der Waals surface area (Å²) in [6.07, 6.45) is 4.37. The van der Waals surface area contributed by atoms with Gasteiger partial charge in [-0.25, -0.2) is 4.98 Å². The number of carbonyl (C=O) groups excluding carboxylic acids is 1. The second-order valence-electron chi connectivity index (χ2n) is 9.00. The van der Waals surface area contributed by atoms with Gasteiger partial charge in [-0.15, -0.1) is 10.2 Å². The van der Waals surface area contributed by atoms with Crippen LogP contribution in [0.4, 0.5) is 0 Å². The zero-order valence-corrected chi connectivity index (χ0v) is 18.5. The molecule has 4 heterocycles. The summed E-state index contributed by atoms with van der Waals surface area (Å²) >= 11 is 0. The minimum absolute atomic E-state index is 0.0889. The van der Waals surface area contributed by atoms with Gasteiger partial charge in [-0.3, -0.25) is 4.79 Å². The van der Waals surface area contributed by atoms with Crippen molar-refractivity contribution in [2.75, 3.05) is 33.8 Å². The summed E-state index contributed by atoms with van der Waals surface area (Å²) in [5.41, 5.74) is 3.05. The molecule has 2 saturated heterocycles. The molecule has 5 rings (SSSR count). The molecule has 1 aromatic carbocycles. The lowest BCUT2D eigenvalue weighted by molar-refractivity contribution is 0.0663. The minimum Gasteiger partial charge on any atom is -0.376 e. The molecule has 2 aliphatic heterocycles. The maximum atomic E-state index is 13.3. The second kappa shape index (κ2) is 8.16. The third-order valence-corrected chi connectivity index (χ3v) is 6.78. The predicted octanol–water partition coefficient (Wildman–Crippen LogP) is 2.63. The first-order valence-corrected chi connectivity index (χ1v) is 11.2. The summed E-state index contributed by atoms with van der Waals surface area (Å²) in [6.45, 7) is 5.14. The lowest BCUT2D eigenvalue weighted by Crippen LogP contribution is -2.44. The molecule has 1 unspecified atom stereocenters. The van der Waals surface area contributed by atoms with Crippen molar-refractivity contribution in [1.29, 1.82) is 0 Å². The minimum atomic E-state index is 0.0889. The maximum absolute atomic E-state index is 13.3. The van der Waals surface area contributed by atoms with E-state index in [-0.39, 0.29) is 12.0 Å². The summed E-state index contributed by atoms with van der Waals surface area (Å²) in [7, 11) is 4.22. The molecule has 3 aromatic rings. The average Bonchev–Trinajstić information content (AvgIpc) is 3.41. The molecular weight excluding hydrogens is 392 g/mol. The smallest absolute Gasteiger partial charge is 0.253 e. The van der Waals surface area contributed by atoms with Gasteiger partial charge in [0.2, 0.25) is 5.65 Å². The van der Waals surface area contributed by atoms with E-state index < -0.39 is 0 Å². The third-order valence-electron chi connectivity index (χ3n) is 6.78. The lowest BCUT2D eigenvalue weighted by atomic mass is 10.0. The Morgan fingerprint density at radius 2 is 2.00 bits per heavy atom. The highest BCUT2D eigenvalue weighted by atomic mass is 16.5. The Morgan fingerprint density at radius 1 is 1.19 bits per heavy atom. The van der Waals surface area contributed by atoms with Gasteiger partial charge in [0.1, 0.15) is 5.82 Å². The third kappa shape index (κ3) is 3.78. The number of piperidine rings is 1. The van der Waals surface area contributed by atoms with Gasteiger partial charge in [0, 0.05) is 36.7 Å². The Labute approximate surface area is 182 Å². The highest BCUT2D eigenvalue weighted by molar-refractivity contribution is 6.05. The first kappa shape index (κ1) is 20.3. The van der Waals surface area contributed by atoms with Crippen LogP contribution in [0.5, 0.6) is 0 Å². The number of rotatable bonds is 4. The van der Waals surface area contributed by atoms with Gasteiger partial charge >= 0.3 is 0 Å². The lowest BCUT2D eigenvalue weighted by Gasteiger charge is -2.35. The number of hydrogen-bond acceptors (Lipinski definition) is 6. The van der Waals surface area contributed by atoms with Crippen molar-refractivity contribution in [3.05, 3.63) is 29.6 Å². The number of amides is 1. The first-order valence-electron chi connectivity index (χ1n) is 11.2. The largest absolute Gasteiger partial charge is 0.376 e. The van der Waals surface area contributed by atoms with Crippen molar-refractivity contribution < 1.29 is 9.53 Å². The highest BCUT2D eigenvalue weighted by Gasteiger charge is 2.26. The SMILES string of the molecule is Cc1nc2nnc3ccc(C(=O)N4CCC(N(C)C)CC4)cc3c2n1CC1CCCO1. The van der Waals surface area contributed by atoms with Crippen LogP contribution < -0.4 is 0 Å². The van der Waals surface area contributed by atoms with Gasteiger partial charge in [0.05, 0.1) is 23.7 Å². The molecule has 0 saturated carbocycles. The molecule has 0 spiro atoms. The molecule has 1 atom stereocenters. The van der Waals surface area contributed by atoms with Crippen LogP contribution in [-0.2, 0) is 11.3 Å². The Bertz CT molecular complexity index is 1110. The number of nitrogens with zero attached hydrogens (tertiary/aromatic N) is 6. The fourth-order valence-electron chi connectivity index (χ4n) is 4.92. The van der Waals surface area contributed by atoms with Crippen LogP contribution in [0.25, 0.3) is 22.1 Å². The van der Waals surface area contributed by atoms with Crippen LogP contribution in [-0.4, -0.2) is 81.4 Å². The summed E-state index contributed by atoms with van der Waals surface area (Å²) in [5, 5.41) is 9.61. The van der Waals surface area contributed by atoms with E-state index in [1.165, 1.54) is 0 Å². The molecule has 2 aromatic heterocycles. The molecular formula is C23H30N6O2. The standard InChI is InChI=1S/C23H30N6O2/c1-15-24-22-21(29(15)14-18-5-4-12-31-18)19-13-16(6-7-20(19)25-26-22)23(30)28-10-8-17(9-11-28)27(2)3/h6-7,13,17-18H,4-5,8-12,14H2,1-3H3. The number of benzene rings is 1. The van der Waals surface area contributed by atoms with Crippen molar-refractivity contribution in [1.82, 2.24) is 29.5 Å². The van der Waals surface area contributed by atoms with Gasteiger partial charge in [0.25, 0.3) is 5.91 Å². The number of aromatic nitrogens is 4. The normalized spacial score (nSPS) is 20.4. The average molecular weight is 423 g/mol. The molecule has 2 fully saturated rings. The van der Waals surface area contributed by atoms with Crippen LogP contribution in [0.15, 0.2) is 18.2 Å². The molecule has 2 aliphatic rings. The van der Waals surface area contributed by atoms with Crippen LogP contribution in [0.1, 0.15) is 41.9 Å². The van der Waals surface area contributed by atoms with E-state index >= 15 is 0 Å². The number of fused-ring (bicyclic) bond motifs is 3. The molecule has 31 heavy (non-hydrogen) atoms. The number of carbonyl (C=O) groups is 1. The highest BCUT2D eigenvalue weighted by Crippen LogP contribution is 2.27. The number of imidazole rings is 1. The summed E-state index contributed by atoms with van der Waals surface area (Å²) < 4.78 is 8.04. The first-order chi connectivity index (χ1) is 15.0.